The maximum absolute atomic E-state index is 6.96. The van der Waals surface area contributed by atoms with E-state index >= 15 is 0 Å². The Labute approximate surface area is 233 Å². The lowest BCUT2D eigenvalue weighted by Crippen LogP contribution is -2.26. The van der Waals surface area contributed by atoms with E-state index in [9.17, 15) is 0 Å². The van der Waals surface area contributed by atoms with Gasteiger partial charge in [0.25, 0.3) is 0 Å². The molecule has 8 heteroatoms. The molecular formula is C26H8Cl6S2. The van der Waals surface area contributed by atoms with E-state index in [1.54, 1.807) is 10.8 Å². The Balaban J connectivity index is 2.13. The lowest BCUT2D eigenvalue weighted by molar-refractivity contribution is 1.68. The number of hydrogen-bond donors (Lipinski definition) is 2. The molecule has 0 N–H and O–H groups in total. The van der Waals surface area contributed by atoms with Crippen molar-refractivity contribution >= 4 is 170 Å². The van der Waals surface area contributed by atoms with Gasteiger partial charge in [-0.15, -0.1) is 0 Å². The van der Waals surface area contributed by atoms with Gasteiger partial charge in [-0.2, -0.15) is 25.3 Å². The second-order valence-electron chi connectivity index (χ2n) is 8.29. The van der Waals surface area contributed by atoms with Gasteiger partial charge in [-0.05, 0) is 42.8 Å². The largest absolute Gasteiger partial charge is 0.151 e. The first-order valence-corrected chi connectivity index (χ1v) is 13.3. The zero-order chi connectivity index (χ0) is 23.8. The van der Waals surface area contributed by atoms with Crippen molar-refractivity contribution in [1.82, 2.24) is 0 Å². The predicted molar refractivity (Wildman–Crippen MR) is 161 cm³/mol. The third kappa shape index (κ3) is 2.36. The maximum atomic E-state index is 6.96. The number of benzene rings is 7. The van der Waals surface area contributed by atoms with Crippen molar-refractivity contribution in [3.8, 4) is 0 Å². The quantitative estimate of drug-likeness (QED) is 0.0971. The summed E-state index contributed by atoms with van der Waals surface area (Å²) in [5.41, 5.74) is 0. The fourth-order valence-electron chi connectivity index (χ4n) is 5.68. The Morgan fingerprint density at radius 3 is 1.44 bits per heavy atom. The van der Waals surface area contributed by atoms with Gasteiger partial charge in [-0.25, -0.2) is 0 Å². The minimum atomic E-state index is 0.288. The van der Waals surface area contributed by atoms with Crippen molar-refractivity contribution < 1.29 is 0 Å². The highest BCUT2D eigenvalue weighted by molar-refractivity contribution is 7.88. The van der Waals surface area contributed by atoms with Crippen LogP contribution in [0.25, 0.3) is 75.5 Å². The molecule has 0 amide bonds. The molecule has 0 unspecified atom stereocenters. The van der Waals surface area contributed by atoms with Crippen LogP contribution in [0.5, 0.6) is 0 Å². The van der Waals surface area contributed by atoms with Crippen LogP contribution in [0.3, 0.4) is 0 Å². The van der Waals surface area contributed by atoms with Crippen LogP contribution in [0.2, 0.25) is 30.1 Å². The average molecular weight is 597 g/mol. The lowest BCUT2D eigenvalue weighted by Gasteiger charge is -2.25. The molecule has 0 heterocycles. The van der Waals surface area contributed by atoms with Gasteiger partial charge in [-0.1, -0.05) is 93.9 Å². The first-order chi connectivity index (χ1) is 16.3. The van der Waals surface area contributed by atoms with Gasteiger partial charge < -0.3 is 0 Å². The molecule has 0 atom stereocenters. The Morgan fingerprint density at radius 1 is 0.412 bits per heavy atom. The van der Waals surface area contributed by atoms with E-state index in [2.05, 4.69) is 43.5 Å². The van der Waals surface area contributed by atoms with Crippen LogP contribution in [-0.2, 0) is 0 Å². The fourth-order valence-corrected chi connectivity index (χ4v) is 8.01. The molecule has 0 saturated carbocycles. The van der Waals surface area contributed by atoms with Gasteiger partial charge in [0.05, 0.1) is 30.1 Å². The number of halogens is 6. The van der Waals surface area contributed by atoms with Crippen LogP contribution in [0.1, 0.15) is 0 Å². The molecule has 7 aromatic carbocycles. The summed E-state index contributed by atoms with van der Waals surface area (Å²) in [6.07, 6.45) is 0. The highest BCUT2D eigenvalue weighted by Crippen LogP contribution is 2.57. The third-order valence-corrected chi connectivity index (χ3v) is 10.0. The second-order valence-corrected chi connectivity index (χ2v) is 11.1. The molecule has 0 spiro atoms. The van der Waals surface area contributed by atoms with Crippen LogP contribution >= 0.6 is 94.9 Å². The molecule has 0 bridgehead atoms. The zero-order valence-corrected chi connectivity index (χ0v) is 23.0. The Morgan fingerprint density at radius 2 is 0.853 bits per heavy atom. The van der Waals surface area contributed by atoms with E-state index in [0.29, 0.717) is 35.9 Å². The summed E-state index contributed by atoms with van der Waals surface area (Å²) in [5.74, 6) is 0. The summed E-state index contributed by atoms with van der Waals surface area (Å²) in [4.78, 5) is 0. The van der Waals surface area contributed by atoms with Crippen molar-refractivity contribution in [2.45, 2.75) is 0 Å². The normalized spacial score (nSPS) is 14.2. The Bertz CT molecular complexity index is 2150. The van der Waals surface area contributed by atoms with Crippen molar-refractivity contribution in [3.63, 3.8) is 0 Å². The molecule has 0 nitrogen and oxygen atoms in total. The summed E-state index contributed by atoms with van der Waals surface area (Å²) < 4.78 is 0. The molecule has 0 fully saturated rings. The maximum Gasteiger partial charge on any atom is 0.0693 e. The van der Waals surface area contributed by atoms with Gasteiger partial charge in [0.15, 0.2) is 0 Å². The minimum absolute atomic E-state index is 0.288. The first-order valence-electron chi connectivity index (χ1n) is 10.0. The molecule has 0 aliphatic rings. The minimum Gasteiger partial charge on any atom is -0.151 e. The van der Waals surface area contributed by atoms with Gasteiger partial charge in [0.2, 0.25) is 0 Å². The van der Waals surface area contributed by atoms with Gasteiger partial charge in [0, 0.05) is 43.1 Å². The summed E-state index contributed by atoms with van der Waals surface area (Å²) in [6.45, 7) is 0. The van der Waals surface area contributed by atoms with Crippen molar-refractivity contribution in [2.24, 2.45) is 0 Å². The van der Waals surface area contributed by atoms with E-state index in [1.165, 1.54) is 0 Å². The van der Waals surface area contributed by atoms with E-state index in [-0.39, 0.29) is 5.02 Å². The third-order valence-electron chi connectivity index (χ3n) is 6.96. The van der Waals surface area contributed by atoms with Crippen LogP contribution in [-0.4, -0.2) is 0 Å². The average Bonchev–Trinajstić information content (AvgIpc) is 2.84. The van der Waals surface area contributed by atoms with Crippen LogP contribution < -0.4 is 10.4 Å². The molecule has 0 aliphatic carbocycles. The first kappa shape index (κ1) is 22.3. The Kier molecular flexibility index (Phi) is 4.79. The summed E-state index contributed by atoms with van der Waals surface area (Å²) in [6, 6.07) is 8.23. The lowest BCUT2D eigenvalue weighted by atomic mass is 9.82. The zero-order valence-electron chi connectivity index (χ0n) is 16.6. The van der Waals surface area contributed by atoms with E-state index in [4.69, 9.17) is 69.6 Å². The molecule has 166 valence electrons. The van der Waals surface area contributed by atoms with Crippen molar-refractivity contribution in [1.29, 1.82) is 0 Å². The molecule has 0 saturated heterocycles. The molecule has 0 aliphatic heterocycles. The number of thiol groups is 2. The summed E-state index contributed by atoms with van der Waals surface area (Å²) >= 11 is 50.3. The monoisotopic (exact) mass is 594 g/mol. The SMILES string of the molecule is SC=c1c(=CS)c2c(Cl)c(Cl)c3c(Cl)c(Cl)c4c(Cl)c(Cl)c5ccc6ccc1c1c6c5c4c3c21. The Hall–Kier alpha value is -0.940. The molecular weight excluding hydrogens is 589 g/mol. The summed E-state index contributed by atoms with van der Waals surface area (Å²) in [5, 5.41) is 17.9. The van der Waals surface area contributed by atoms with Gasteiger partial charge in [0.1, 0.15) is 0 Å². The highest BCUT2D eigenvalue weighted by Gasteiger charge is 2.30. The van der Waals surface area contributed by atoms with Crippen LogP contribution in [0.15, 0.2) is 24.3 Å². The molecule has 0 radical (unpaired) electrons. The fraction of sp³-hybridized carbons (Fsp3) is 0. The molecule has 7 aromatic rings. The molecule has 7 rings (SSSR count). The highest BCUT2D eigenvalue weighted by atomic mass is 35.5. The van der Waals surface area contributed by atoms with Crippen LogP contribution in [0.4, 0.5) is 0 Å². The second kappa shape index (κ2) is 7.31. The molecule has 0 aromatic heterocycles. The van der Waals surface area contributed by atoms with E-state index in [0.717, 1.165) is 64.3 Å². The van der Waals surface area contributed by atoms with Crippen LogP contribution in [0, 0.1) is 0 Å². The predicted octanol–water partition coefficient (Wildman–Crippen LogP) is 10.2. The summed E-state index contributed by atoms with van der Waals surface area (Å²) in [7, 11) is 0. The van der Waals surface area contributed by atoms with Gasteiger partial charge in [-0.3, -0.25) is 0 Å². The van der Waals surface area contributed by atoms with Crippen molar-refractivity contribution in [3.05, 3.63) is 64.8 Å². The van der Waals surface area contributed by atoms with Crippen molar-refractivity contribution in [2.75, 3.05) is 0 Å². The smallest absolute Gasteiger partial charge is 0.0693 e. The number of hydrogen-bond acceptors (Lipinski definition) is 2. The standard InChI is InChI=1S/C26H8Cl6S2/c27-21-9-4-2-7-1-3-8-10(5-33)11(6-34)15-16-13(8)12(7)14(9)17-18(16)20(24(30)22(15)28)26(32)25(31)19(17)23(21)29/h1-6,33-34H. The topological polar surface area (TPSA) is 0 Å². The molecule has 34 heavy (non-hydrogen) atoms. The number of rotatable bonds is 0. The van der Waals surface area contributed by atoms with E-state index < -0.39 is 0 Å². The van der Waals surface area contributed by atoms with Gasteiger partial charge >= 0.3 is 0 Å². The van der Waals surface area contributed by atoms with E-state index in [1.807, 2.05) is 6.07 Å².